The molecule has 0 saturated carbocycles. The average molecular weight is 278 g/mol. The maximum Gasteiger partial charge on any atom is 0.416 e. The lowest BCUT2D eigenvalue weighted by atomic mass is 10.2. The van der Waals surface area contributed by atoms with Crippen LogP contribution in [0, 0.1) is 6.92 Å². The molecule has 2 heterocycles. The van der Waals surface area contributed by atoms with Crippen molar-refractivity contribution in [3.8, 4) is 11.4 Å². The van der Waals surface area contributed by atoms with Crippen LogP contribution in [-0.2, 0) is 6.18 Å². The van der Waals surface area contributed by atoms with E-state index in [0.717, 1.165) is 12.1 Å². The predicted octanol–water partition coefficient (Wildman–Crippen LogP) is 3.35. The molecule has 0 radical (unpaired) electrons. The molecule has 0 aliphatic heterocycles. The number of benzene rings is 1. The fourth-order valence-corrected chi connectivity index (χ4v) is 1.93. The molecule has 102 valence electrons. The van der Waals surface area contributed by atoms with Crippen LogP contribution in [0.1, 0.15) is 11.3 Å². The fourth-order valence-electron chi connectivity index (χ4n) is 1.93. The van der Waals surface area contributed by atoms with E-state index in [1.54, 1.807) is 13.0 Å². The molecule has 3 rings (SSSR count). The highest BCUT2D eigenvalue weighted by Crippen LogP contribution is 2.31. The standard InChI is InChI=1S/C13H9F3N4/c1-7-4-8(6-17-20-7)12-18-10-3-2-9(13(14,15)16)5-11(10)19-12/h2-6H,1H3,(H,18,19). The van der Waals surface area contributed by atoms with E-state index in [2.05, 4.69) is 20.2 Å². The summed E-state index contributed by atoms with van der Waals surface area (Å²) < 4.78 is 37.9. The lowest BCUT2D eigenvalue weighted by Crippen LogP contribution is -2.04. The monoisotopic (exact) mass is 278 g/mol. The molecular formula is C13H9F3N4. The molecule has 1 N–H and O–H groups in total. The van der Waals surface area contributed by atoms with Gasteiger partial charge in [0.1, 0.15) is 5.82 Å². The molecule has 0 fully saturated rings. The minimum absolute atomic E-state index is 0.337. The van der Waals surface area contributed by atoms with Gasteiger partial charge in [-0.3, -0.25) is 0 Å². The first-order valence-corrected chi connectivity index (χ1v) is 5.80. The first-order chi connectivity index (χ1) is 9.43. The zero-order valence-electron chi connectivity index (χ0n) is 10.4. The SMILES string of the molecule is Cc1cc(-c2nc3ccc(C(F)(F)F)cc3[nH]2)cnn1. The minimum atomic E-state index is -4.37. The van der Waals surface area contributed by atoms with Crippen LogP contribution in [-0.4, -0.2) is 20.2 Å². The lowest BCUT2D eigenvalue weighted by molar-refractivity contribution is -0.137. The van der Waals surface area contributed by atoms with Gasteiger partial charge in [-0.25, -0.2) is 4.98 Å². The Labute approximate surface area is 111 Å². The number of aromatic amines is 1. The predicted molar refractivity (Wildman–Crippen MR) is 66.9 cm³/mol. The van der Waals surface area contributed by atoms with Crippen molar-refractivity contribution in [3.05, 3.63) is 41.7 Å². The molecule has 0 amide bonds. The summed E-state index contributed by atoms with van der Waals surface area (Å²) in [5, 5.41) is 7.62. The molecule has 1 aromatic carbocycles. The Kier molecular flexibility index (Phi) is 2.70. The van der Waals surface area contributed by atoms with Gasteiger partial charge in [0.15, 0.2) is 0 Å². The van der Waals surface area contributed by atoms with Gasteiger partial charge < -0.3 is 4.98 Å². The quantitative estimate of drug-likeness (QED) is 0.742. The zero-order chi connectivity index (χ0) is 14.3. The van der Waals surface area contributed by atoms with Gasteiger partial charge in [0.2, 0.25) is 0 Å². The van der Waals surface area contributed by atoms with Crippen LogP contribution in [0.3, 0.4) is 0 Å². The maximum absolute atomic E-state index is 12.6. The summed E-state index contributed by atoms with van der Waals surface area (Å²) in [6.45, 7) is 1.78. The Morgan fingerprint density at radius 1 is 1.15 bits per heavy atom. The van der Waals surface area contributed by atoms with Gasteiger partial charge in [0.25, 0.3) is 0 Å². The largest absolute Gasteiger partial charge is 0.416 e. The average Bonchev–Trinajstić information content (AvgIpc) is 2.80. The third-order valence-electron chi connectivity index (χ3n) is 2.86. The van der Waals surface area contributed by atoms with E-state index >= 15 is 0 Å². The fraction of sp³-hybridized carbons (Fsp3) is 0.154. The smallest absolute Gasteiger partial charge is 0.338 e. The normalized spacial score (nSPS) is 12.0. The maximum atomic E-state index is 12.6. The van der Waals surface area contributed by atoms with Gasteiger partial charge in [0, 0.05) is 5.56 Å². The molecule has 0 unspecified atom stereocenters. The van der Waals surface area contributed by atoms with Crippen molar-refractivity contribution in [1.29, 1.82) is 0 Å². The summed E-state index contributed by atoms with van der Waals surface area (Å²) in [6.07, 6.45) is -2.86. The second kappa shape index (κ2) is 4.29. The molecule has 0 atom stereocenters. The van der Waals surface area contributed by atoms with Gasteiger partial charge in [-0.15, -0.1) is 0 Å². The van der Waals surface area contributed by atoms with E-state index in [0.29, 0.717) is 28.1 Å². The Morgan fingerprint density at radius 2 is 1.95 bits per heavy atom. The van der Waals surface area contributed by atoms with E-state index in [9.17, 15) is 13.2 Å². The summed E-state index contributed by atoms with van der Waals surface area (Å²) >= 11 is 0. The van der Waals surface area contributed by atoms with E-state index in [1.165, 1.54) is 12.3 Å². The number of H-pyrrole nitrogens is 1. The van der Waals surface area contributed by atoms with Crippen LogP contribution < -0.4 is 0 Å². The van der Waals surface area contributed by atoms with Crippen LogP contribution in [0.25, 0.3) is 22.4 Å². The molecule has 0 spiro atoms. The number of halogens is 3. The number of nitrogens with one attached hydrogen (secondary N) is 1. The molecular weight excluding hydrogens is 269 g/mol. The van der Waals surface area contributed by atoms with Crippen molar-refractivity contribution in [2.75, 3.05) is 0 Å². The summed E-state index contributed by atoms with van der Waals surface area (Å²) in [5.41, 5.74) is 1.50. The van der Waals surface area contributed by atoms with E-state index < -0.39 is 11.7 Å². The van der Waals surface area contributed by atoms with Gasteiger partial charge in [-0.2, -0.15) is 23.4 Å². The summed E-state index contributed by atoms with van der Waals surface area (Å²) in [6, 6.07) is 5.17. The van der Waals surface area contributed by atoms with Crippen molar-refractivity contribution < 1.29 is 13.2 Å². The first-order valence-electron chi connectivity index (χ1n) is 5.80. The second-order valence-corrected chi connectivity index (χ2v) is 4.40. The summed E-state index contributed by atoms with van der Waals surface area (Å²) in [4.78, 5) is 7.13. The number of hydrogen-bond donors (Lipinski definition) is 1. The summed E-state index contributed by atoms with van der Waals surface area (Å²) in [5.74, 6) is 0.470. The molecule has 0 bridgehead atoms. The Hall–Kier alpha value is -2.44. The highest BCUT2D eigenvalue weighted by atomic mass is 19.4. The topological polar surface area (TPSA) is 54.5 Å². The molecule has 2 aromatic heterocycles. The number of nitrogens with zero attached hydrogens (tertiary/aromatic N) is 3. The van der Waals surface area contributed by atoms with Crippen molar-refractivity contribution >= 4 is 11.0 Å². The van der Waals surface area contributed by atoms with Crippen molar-refractivity contribution in [2.45, 2.75) is 13.1 Å². The van der Waals surface area contributed by atoms with Crippen LogP contribution in [0.4, 0.5) is 13.2 Å². The number of aromatic nitrogens is 4. The Bertz CT molecular complexity index is 777. The van der Waals surface area contributed by atoms with E-state index in [1.807, 2.05) is 0 Å². The molecule has 0 aliphatic rings. The van der Waals surface area contributed by atoms with Gasteiger partial charge in [0.05, 0.1) is 28.5 Å². The molecule has 4 nitrogen and oxygen atoms in total. The van der Waals surface area contributed by atoms with Crippen LogP contribution in [0.5, 0.6) is 0 Å². The van der Waals surface area contributed by atoms with Gasteiger partial charge in [-0.1, -0.05) is 0 Å². The second-order valence-electron chi connectivity index (χ2n) is 4.40. The highest BCUT2D eigenvalue weighted by molar-refractivity contribution is 5.80. The third-order valence-corrected chi connectivity index (χ3v) is 2.86. The first kappa shape index (κ1) is 12.6. The summed E-state index contributed by atoms with van der Waals surface area (Å²) in [7, 11) is 0. The van der Waals surface area contributed by atoms with Crippen molar-refractivity contribution in [1.82, 2.24) is 20.2 Å². The van der Waals surface area contributed by atoms with E-state index in [-0.39, 0.29) is 0 Å². The van der Waals surface area contributed by atoms with E-state index in [4.69, 9.17) is 0 Å². The number of imidazole rings is 1. The number of hydrogen-bond acceptors (Lipinski definition) is 3. The molecule has 7 heteroatoms. The highest BCUT2D eigenvalue weighted by Gasteiger charge is 2.30. The lowest BCUT2D eigenvalue weighted by Gasteiger charge is -2.05. The number of fused-ring (bicyclic) bond motifs is 1. The van der Waals surface area contributed by atoms with Crippen molar-refractivity contribution in [2.24, 2.45) is 0 Å². The number of aryl methyl sites for hydroxylation is 1. The number of alkyl halides is 3. The molecule has 20 heavy (non-hydrogen) atoms. The minimum Gasteiger partial charge on any atom is -0.338 e. The van der Waals surface area contributed by atoms with Crippen LogP contribution >= 0.6 is 0 Å². The zero-order valence-corrected chi connectivity index (χ0v) is 10.4. The Balaban J connectivity index is 2.11. The molecule has 0 saturated heterocycles. The number of rotatable bonds is 1. The third kappa shape index (κ3) is 2.22. The van der Waals surface area contributed by atoms with Crippen molar-refractivity contribution in [3.63, 3.8) is 0 Å². The Morgan fingerprint density at radius 3 is 2.65 bits per heavy atom. The molecule has 3 aromatic rings. The van der Waals surface area contributed by atoms with Crippen LogP contribution in [0.15, 0.2) is 30.5 Å². The van der Waals surface area contributed by atoms with Crippen LogP contribution in [0.2, 0.25) is 0 Å². The van der Waals surface area contributed by atoms with Gasteiger partial charge >= 0.3 is 6.18 Å². The molecule has 0 aliphatic carbocycles. The van der Waals surface area contributed by atoms with Gasteiger partial charge in [-0.05, 0) is 31.2 Å².